The normalized spacial score (nSPS) is 16.1. The first-order chi connectivity index (χ1) is 12.9. The largest absolute Gasteiger partial charge is 0.379 e. The first-order valence-corrected chi connectivity index (χ1v) is 10.1. The Morgan fingerprint density at radius 1 is 1.25 bits per heavy atom. The SMILES string of the molecule is CCNC(=NCC(C)(C)N1CCOCC1)NCCCc1nc(C(C)C)no1.I. The van der Waals surface area contributed by atoms with Crippen molar-refractivity contribution >= 4 is 29.9 Å². The molecule has 9 heteroatoms. The maximum Gasteiger partial charge on any atom is 0.226 e. The lowest BCUT2D eigenvalue weighted by molar-refractivity contribution is -0.00683. The number of rotatable bonds is 9. The highest BCUT2D eigenvalue weighted by Gasteiger charge is 2.28. The lowest BCUT2D eigenvalue weighted by atomic mass is 10.0. The molecular formula is C19H37IN6O2. The van der Waals surface area contributed by atoms with Crippen LogP contribution in [0.15, 0.2) is 9.52 Å². The summed E-state index contributed by atoms with van der Waals surface area (Å²) in [5.74, 6) is 2.63. The Morgan fingerprint density at radius 2 is 1.96 bits per heavy atom. The third-order valence-corrected chi connectivity index (χ3v) is 4.70. The van der Waals surface area contributed by atoms with Crippen LogP contribution in [0.5, 0.6) is 0 Å². The van der Waals surface area contributed by atoms with Crippen molar-refractivity contribution in [3.05, 3.63) is 11.7 Å². The second-order valence-electron chi connectivity index (χ2n) is 7.84. The van der Waals surface area contributed by atoms with E-state index in [2.05, 4.69) is 60.3 Å². The Balaban J connectivity index is 0.00000392. The Bertz CT molecular complexity index is 585. The summed E-state index contributed by atoms with van der Waals surface area (Å²) in [6.45, 7) is 16.6. The lowest BCUT2D eigenvalue weighted by Crippen LogP contribution is -2.52. The summed E-state index contributed by atoms with van der Waals surface area (Å²) in [5, 5.41) is 10.7. The van der Waals surface area contributed by atoms with Gasteiger partial charge in [0.15, 0.2) is 11.8 Å². The zero-order valence-corrected chi connectivity index (χ0v) is 20.3. The van der Waals surface area contributed by atoms with Gasteiger partial charge in [0.1, 0.15) is 0 Å². The van der Waals surface area contributed by atoms with Crippen LogP contribution in [0.2, 0.25) is 0 Å². The quantitative estimate of drug-likeness (QED) is 0.229. The average molecular weight is 508 g/mol. The number of aliphatic imine (C=N–C) groups is 1. The molecule has 8 nitrogen and oxygen atoms in total. The molecule has 1 fully saturated rings. The van der Waals surface area contributed by atoms with Gasteiger partial charge in [-0.1, -0.05) is 19.0 Å². The molecule has 0 radical (unpaired) electrons. The minimum atomic E-state index is 0. The van der Waals surface area contributed by atoms with Crippen LogP contribution in [0.3, 0.4) is 0 Å². The Labute approximate surface area is 186 Å². The van der Waals surface area contributed by atoms with E-state index in [1.54, 1.807) is 0 Å². The summed E-state index contributed by atoms with van der Waals surface area (Å²) in [5.41, 5.74) is 0.0170. The van der Waals surface area contributed by atoms with Crippen LogP contribution in [0.4, 0.5) is 0 Å². The standard InChI is InChI=1S/C19H36N6O2.HI/c1-6-20-18(22-14-19(4,5)25-10-12-26-13-11-25)21-9-7-8-16-23-17(15(2)3)24-27-16;/h15H,6-14H2,1-5H3,(H2,20,21,22);1H. The molecular weight excluding hydrogens is 471 g/mol. The van der Waals surface area contributed by atoms with Gasteiger partial charge in [-0.25, -0.2) is 0 Å². The zero-order chi connectivity index (χ0) is 19.7. The van der Waals surface area contributed by atoms with Crippen LogP contribution in [0, 0.1) is 0 Å². The molecule has 2 rings (SSSR count). The topological polar surface area (TPSA) is 87.8 Å². The third kappa shape index (κ3) is 8.20. The molecule has 0 spiro atoms. The Morgan fingerprint density at radius 3 is 2.57 bits per heavy atom. The zero-order valence-electron chi connectivity index (χ0n) is 18.0. The molecule has 1 aromatic heterocycles. The second-order valence-corrected chi connectivity index (χ2v) is 7.84. The fourth-order valence-electron chi connectivity index (χ4n) is 2.93. The van der Waals surface area contributed by atoms with Gasteiger partial charge in [-0.15, -0.1) is 24.0 Å². The van der Waals surface area contributed by atoms with Crippen LogP contribution in [-0.4, -0.2) is 72.5 Å². The van der Waals surface area contributed by atoms with Crippen LogP contribution < -0.4 is 10.6 Å². The van der Waals surface area contributed by atoms with E-state index in [-0.39, 0.29) is 29.5 Å². The van der Waals surface area contributed by atoms with Gasteiger partial charge in [0.25, 0.3) is 0 Å². The molecule has 1 aliphatic rings. The van der Waals surface area contributed by atoms with Crippen molar-refractivity contribution in [2.45, 2.75) is 58.9 Å². The molecule has 0 bridgehead atoms. The highest BCUT2D eigenvalue weighted by atomic mass is 127. The van der Waals surface area contributed by atoms with Crippen molar-refractivity contribution < 1.29 is 9.26 Å². The number of ether oxygens (including phenoxy) is 1. The van der Waals surface area contributed by atoms with E-state index in [9.17, 15) is 0 Å². The van der Waals surface area contributed by atoms with Crippen molar-refractivity contribution in [2.24, 2.45) is 4.99 Å². The summed E-state index contributed by atoms with van der Waals surface area (Å²) in [7, 11) is 0. The number of nitrogens with zero attached hydrogens (tertiary/aromatic N) is 4. The molecule has 0 aliphatic carbocycles. The highest BCUT2D eigenvalue weighted by molar-refractivity contribution is 14.0. The molecule has 0 amide bonds. The van der Waals surface area contributed by atoms with Crippen molar-refractivity contribution in [3.8, 4) is 0 Å². The van der Waals surface area contributed by atoms with Crippen LogP contribution in [0.1, 0.15) is 58.7 Å². The first kappa shape index (κ1) is 25.1. The molecule has 1 saturated heterocycles. The van der Waals surface area contributed by atoms with Gasteiger partial charge in [-0.2, -0.15) is 4.98 Å². The van der Waals surface area contributed by atoms with E-state index in [4.69, 9.17) is 14.3 Å². The van der Waals surface area contributed by atoms with Crippen molar-refractivity contribution in [3.63, 3.8) is 0 Å². The first-order valence-electron chi connectivity index (χ1n) is 10.1. The number of aromatic nitrogens is 2. The van der Waals surface area contributed by atoms with Gasteiger partial charge in [0, 0.05) is 44.1 Å². The van der Waals surface area contributed by atoms with E-state index in [1.165, 1.54) is 0 Å². The van der Waals surface area contributed by atoms with Gasteiger partial charge in [-0.05, 0) is 27.2 Å². The number of hydrogen-bond donors (Lipinski definition) is 2. The van der Waals surface area contributed by atoms with Crippen molar-refractivity contribution in [1.82, 2.24) is 25.7 Å². The molecule has 2 N–H and O–H groups in total. The monoisotopic (exact) mass is 508 g/mol. The van der Waals surface area contributed by atoms with Crippen molar-refractivity contribution in [2.75, 3.05) is 45.9 Å². The minimum absolute atomic E-state index is 0. The fourth-order valence-corrected chi connectivity index (χ4v) is 2.93. The molecule has 1 aliphatic heterocycles. The van der Waals surface area contributed by atoms with Gasteiger partial charge < -0.3 is 19.9 Å². The predicted octanol–water partition coefficient (Wildman–Crippen LogP) is 2.41. The van der Waals surface area contributed by atoms with Crippen molar-refractivity contribution in [1.29, 1.82) is 0 Å². The third-order valence-electron chi connectivity index (χ3n) is 4.70. The lowest BCUT2D eigenvalue weighted by Gasteiger charge is -2.39. The Kier molecular flexibility index (Phi) is 11.3. The van der Waals surface area contributed by atoms with E-state index in [0.29, 0.717) is 11.8 Å². The summed E-state index contributed by atoms with van der Waals surface area (Å²) in [4.78, 5) is 11.7. The predicted molar refractivity (Wildman–Crippen MR) is 123 cm³/mol. The number of hydrogen-bond acceptors (Lipinski definition) is 6. The second kappa shape index (κ2) is 12.6. The Hall–Kier alpha value is -0.940. The molecule has 1 aromatic rings. The number of aryl methyl sites for hydroxylation is 1. The minimum Gasteiger partial charge on any atom is -0.379 e. The molecule has 0 unspecified atom stereocenters. The van der Waals surface area contributed by atoms with Gasteiger partial charge in [0.2, 0.25) is 5.89 Å². The summed E-state index contributed by atoms with van der Waals surface area (Å²) < 4.78 is 10.7. The molecule has 0 atom stereocenters. The average Bonchev–Trinajstić information content (AvgIpc) is 3.13. The summed E-state index contributed by atoms with van der Waals surface area (Å²) >= 11 is 0. The molecule has 0 saturated carbocycles. The van der Waals surface area contributed by atoms with Crippen LogP contribution in [0.25, 0.3) is 0 Å². The van der Waals surface area contributed by atoms with E-state index in [0.717, 1.165) is 70.6 Å². The molecule has 28 heavy (non-hydrogen) atoms. The maximum atomic E-state index is 5.46. The smallest absolute Gasteiger partial charge is 0.226 e. The van der Waals surface area contributed by atoms with E-state index < -0.39 is 0 Å². The van der Waals surface area contributed by atoms with Gasteiger partial charge in [-0.3, -0.25) is 9.89 Å². The number of guanidine groups is 1. The number of morpholine rings is 1. The van der Waals surface area contributed by atoms with Crippen LogP contribution >= 0.6 is 24.0 Å². The number of nitrogens with one attached hydrogen (secondary N) is 2. The molecule has 0 aromatic carbocycles. The maximum absolute atomic E-state index is 5.46. The highest BCUT2D eigenvalue weighted by Crippen LogP contribution is 2.16. The summed E-state index contributed by atoms with van der Waals surface area (Å²) in [6.07, 6.45) is 1.68. The van der Waals surface area contributed by atoms with Gasteiger partial charge >= 0.3 is 0 Å². The number of halogens is 1. The van der Waals surface area contributed by atoms with Crippen LogP contribution in [-0.2, 0) is 11.2 Å². The summed E-state index contributed by atoms with van der Waals surface area (Å²) in [6, 6.07) is 0. The fraction of sp³-hybridized carbons (Fsp3) is 0.842. The molecule has 162 valence electrons. The van der Waals surface area contributed by atoms with Gasteiger partial charge in [0.05, 0.1) is 19.8 Å². The van der Waals surface area contributed by atoms with E-state index in [1.807, 2.05) is 0 Å². The van der Waals surface area contributed by atoms with E-state index >= 15 is 0 Å². The molecule has 2 heterocycles.